The molecule has 2 rings (SSSR count). The van der Waals surface area contributed by atoms with Crippen LogP contribution in [0.1, 0.15) is 11.7 Å². The lowest BCUT2D eigenvalue weighted by Crippen LogP contribution is -2.27. The zero-order valence-electron chi connectivity index (χ0n) is 10.6. The molecule has 108 valence electrons. The first-order valence-electron chi connectivity index (χ1n) is 5.72. The second-order valence-electron chi connectivity index (χ2n) is 4.07. The highest BCUT2D eigenvalue weighted by Gasteiger charge is 2.18. The van der Waals surface area contributed by atoms with Crippen LogP contribution in [0.15, 0.2) is 27.6 Å². The van der Waals surface area contributed by atoms with Gasteiger partial charge in [-0.15, -0.1) is 0 Å². The summed E-state index contributed by atoms with van der Waals surface area (Å²) in [7, 11) is -3.88. The molecule has 0 atom stereocenters. The van der Waals surface area contributed by atoms with Gasteiger partial charge in [-0.05, 0) is 25.1 Å². The molecule has 0 unspecified atom stereocenters. The van der Waals surface area contributed by atoms with Gasteiger partial charge >= 0.3 is 0 Å². The zero-order valence-corrected chi connectivity index (χ0v) is 11.4. The number of sulfonamides is 1. The van der Waals surface area contributed by atoms with Crippen molar-refractivity contribution in [2.45, 2.75) is 18.2 Å². The van der Waals surface area contributed by atoms with Gasteiger partial charge in [-0.2, -0.15) is 4.98 Å². The van der Waals surface area contributed by atoms with Crippen LogP contribution in [0, 0.1) is 12.7 Å². The third kappa shape index (κ3) is 3.31. The Morgan fingerprint density at radius 3 is 2.85 bits per heavy atom. The van der Waals surface area contributed by atoms with E-state index in [1.807, 2.05) is 0 Å². The average molecular weight is 300 g/mol. The number of nitrogens with zero attached hydrogens (tertiary/aromatic N) is 2. The van der Waals surface area contributed by atoms with Gasteiger partial charge in [0.1, 0.15) is 10.7 Å². The van der Waals surface area contributed by atoms with E-state index in [-0.39, 0.29) is 23.5 Å². The maximum atomic E-state index is 13.1. The van der Waals surface area contributed by atoms with Crippen LogP contribution in [0.2, 0.25) is 0 Å². The molecule has 3 N–H and O–H groups in total. The van der Waals surface area contributed by atoms with Gasteiger partial charge < -0.3 is 10.3 Å². The van der Waals surface area contributed by atoms with Gasteiger partial charge in [-0.25, -0.2) is 17.5 Å². The van der Waals surface area contributed by atoms with Crippen molar-refractivity contribution in [3.05, 3.63) is 35.7 Å². The Balaban J connectivity index is 2.06. The molecule has 0 aliphatic rings. The fourth-order valence-electron chi connectivity index (χ4n) is 1.55. The van der Waals surface area contributed by atoms with Gasteiger partial charge in [0.25, 0.3) is 0 Å². The normalized spacial score (nSPS) is 11.7. The van der Waals surface area contributed by atoms with Crippen LogP contribution in [-0.4, -0.2) is 25.1 Å². The number of nitrogen functional groups attached to an aromatic ring is 1. The molecule has 0 spiro atoms. The monoisotopic (exact) mass is 300 g/mol. The molecule has 0 fully saturated rings. The molecule has 0 amide bonds. The van der Waals surface area contributed by atoms with Crippen molar-refractivity contribution in [1.82, 2.24) is 14.9 Å². The first-order chi connectivity index (χ1) is 9.38. The molecule has 0 aliphatic carbocycles. The van der Waals surface area contributed by atoms with Crippen LogP contribution >= 0.6 is 0 Å². The van der Waals surface area contributed by atoms with Crippen LogP contribution in [-0.2, 0) is 16.4 Å². The molecule has 2 aromatic rings. The first-order valence-corrected chi connectivity index (χ1v) is 7.21. The predicted molar refractivity (Wildman–Crippen MR) is 68.7 cm³/mol. The van der Waals surface area contributed by atoms with E-state index in [0.29, 0.717) is 11.7 Å². The Morgan fingerprint density at radius 1 is 1.45 bits per heavy atom. The summed E-state index contributed by atoms with van der Waals surface area (Å²) in [6.45, 7) is 1.70. The maximum Gasteiger partial charge on any atom is 0.242 e. The van der Waals surface area contributed by atoms with Gasteiger partial charge in [0.15, 0.2) is 5.82 Å². The molecule has 20 heavy (non-hydrogen) atoms. The summed E-state index contributed by atoms with van der Waals surface area (Å²) in [6.07, 6.45) is 0.231. The second-order valence-corrected chi connectivity index (χ2v) is 5.80. The molecule has 0 saturated carbocycles. The number of aryl methyl sites for hydroxylation is 1. The summed E-state index contributed by atoms with van der Waals surface area (Å²) < 4.78 is 44.2. The number of benzene rings is 1. The van der Waals surface area contributed by atoms with E-state index in [1.165, 1.54) is 6.07 Å². The minimum Gasteiger partial charge on any atom is -0.398 e. The maximum absolute atomic E-state index is 13.1. The van der Waals surface area contributed by atoms with Crippen molar-refractivity contribution in [3.8, 4) is 0 Å². The van der Waals surface area contributed by atoms with Crippen molar-refractivity contribution in [1.29, 1.82) is 0 Å². The smallest absolute Gasteiger partial charge is 0.242 e. The number of nitrogens with two attached hydrogens (primary N) is 1. The molecule has 1 aromatic carbocycles. The standard InChI is InChI=1S/C11H13FN4O3S/c1-7-15-11(19-16-7)4-5-14-20(17,18)10-6-8(12)2-3-9(10)13/h2-3,6,14H,4-5,13H2,1H3. The predicted octanol–water partition coefficient (Wildman–Crippen LogP) is 0.620. The van der Waals surface area contributed by atoms with Gasteiger partial charge in [0.2, 0.25) is 15.9 Å². The zero-order chi connectivity index (χ0) is 14.8. The third-order valence-electron chi connectivity index (χ3n) is 2.47. The summed E-state index contributed by atoms with van der Waals surface area (Å²) in [5.41, 5.74) is 5.51. The van der Waals surface area contributed by atoms with Gasteiger partial charge in [0, 0.05) is 13.0 Å². The van der Waals surface area contributed by atoms with E-state index >= 15 is 0 Å². The first kappa shape index (κ1) is 14.4. The summed E-state index contributed by atoms with van der Waals surface area (Å²) in [5, 5.41) is 3.58. The van der Waals surface area contributed by atoms with E-state index in [4.69, 9.17) is 10.3 Å². The van der Waals surface area contributed by atoms with Gasteiger partial charge in [-0.3, -0.25) is 0 Å². The molecule has 0 aliphatic heterocycles. The fourth-order valence-corrected chi connectivity index (χ4v) is 2.72. The Labute approximate surface area is 115 Å². The summed E-state index contributed by atoms with van der Waals surface area (Å²) in [6, 6.07) is 3.16. The Kier molecular flexibility index (Phi) is 4.00. The van der Waals surface area contributed by atoms with E-state index in [1.54, 1.807) is 6.92 Å². The SMILES string of the molecule is Cc1noc(CCNS(=O)(=O)c2cc(F)ccc2N)n1. The number of hydrogen-bond acceptors (Lipinski definition) is 6. The van der Waals surface area contributed by atoms with Gasteiger partial charge in [0.05, 0.1) is 5.69 Å². The average Bonchev–Trinajstić information content (AvgIpc) is 2.78. The molecular formula is C11H13FN4O3S. The minimum atomic E-state index is -3.88. The Morgan fingerprint density at radius 2 is 2.20 bits per heavy atom. The molecule has 1 heterocycles. The van der Waals surface area contributed by atoms with Crippen LogP contribution < -0.4 is 10.5 Å². The Bertz CT molecular complexity index is 714. The third-order valence-corrected chi connectivity index (χ3v) is 3.98. The number of anilines is 1. The molecule has 0 radical (unpaired) electrons. The Hall–Kier alpha value is -2.00. The van der Waals surface area contributed by atoms with Crippen molar-refractivity contribution in [3.63, 3.8) is 0 Å². The molecule has 1 aromatic heterocycles. The highest BCUT2D eigenvalue weighted by atomic mass is 32.2. The van der Waals surface area contributed by atoms with Crippen LogP contribution in [0.4, 0.5) is 10.1 Å². The quantitative estimate of drug-likeness (QED) is 0.783. The van der Waals surface area contributed by atoms with Gasteiger partial charge in [-0.1, -0.05) is 5.16 Å². The van der Waals surface area contributed by atoms with E-state index in [0.717, 1.165) is 12.1 Å². The molecule has 0 saturated heterocycles. The lowest BCUT2D eigenvalue weighted by atomic mass is 10.3. The summed E-state index contributed by atoms with van der Waals surface area (Å²) >= 11 is 0. The number of hydrogen-bond donors (Lipinski definition) is 2. The summed E-state index contributed by atoms with van der Waals surface area (Å²) in [5.74, 6) is 0.113. The number of aromatic nitrogens is 2. The summed E-state index contributed by atoms with van der Waals surface area (Å²) in [4.78, 5) is 3.64. The highest BCUT2D eigenvalue weighted by Crippen LogP contribution is 2.18. The van der Waals surface area contributed by atoms with Crippen molar-refractivity contribution >= 4 is 15.7 Å². The largest absolute Gasteiger partial charge is 0.398 e. The topological polar surface area (TPSA) is 111 Å². The highest BCUT2D eigenvalue weighted by molar-refractivity contribution is 7.89. The molecule has 9 heteroatoms. The number of rotatable bonds is 5. The van der Waals surface area contributed by atoms with Crippen LogP contribution in [0.5, 0.6) is 0 Å². The van der Waals surface area contributed by atoms with E-state index in [2.05, 4.69) is 14.9 Å². The van der Waals surface area contributed by atoms with E-state index < -0.39 is 15.8 Å². The van der Waals surface area contributed by atoms with Crippen molar-refractivity contribution in [2.24, 2.45) is 0 Å². The fraction of sp³-hybridized carbons (Fsp3) is 0.273. The van der Waals surface area contributed by atoms with Crippen molar-refractivity contribution < 1.29 is 17.3 Å². The van der Waals surface area contributed by atoms with Crippen LogP contribution in [0.3, 0.4) is 0 Å². The minimum absolute atomic E-state index is 0.0208. The second kappa shape index (κ2) is 5.55. The van der Waals surface area contributed by atoms with Crippen LogP contribution in [0.25, 0.3) is 0 Å². The number of halogens is 1. The van der Waals surface area contributed by atoms with Crippen molar-refractivity contribution in [2.75, 3.05) is 12.3 Å². The lowest BCUT2D eigenvalue weighted by molar-refractivity contribution is 0.375. The lowest BCUT2D eigenvalue weighted by Gasteiger charge is -2.08. The molecule has 0 bridgehead atoms. The number of nitrogens with one attached hydrogen (secondary N) is 1. The molecular weight excluding hydrogens is 287 g/mol. The molecule has 7 nitrogen and oxygen atoms in total. The van der Waals surface area contributed by atoms with E-state index in [9.17, 15) is 12.8 Å².